The van der Waals surface area contributed by atoms with Gasteiger partial charge in [0.2, 0.25) is 11.9 Å². The minimum absolute atomic E-state index is 0.0134. The van der Waals surface area contributed by atoms with Crippen molar-refractivity contribution in [1.82, 2.24) is 19.5 Å². The Morgan fingerprint density at radius 2 is 1.80 bits per heavy atom. The average Bonchev–Trinajstić information content (AvgIpc) is 2.82. The summed E-state index contributed by atoms with van der Waals surface area (Å²) in [5.41, 5.74) is 1.57. The van der Waals surface area contributed by atoms with Gasteiger partial charge in [-0.1, -0.05) is 23.9 Å². The van der Waals surface area contributed by atoms with Crippen LogP contribution in [-0.2, 0) is 21.9 Å². The molecule has 2 aromatic heterocycles. The van der Waals surface area contributed by atoms with Gasteiger partial charge in [-0.05, 0) is 49.4 Å². The van der Waals surface area contributed by atoms with Crippen LogP contribution >= 0.6 is 11.8 Å². The third-order valence-corrected chi connectivity index (χ3v) is 7.35. The fourth-order valence-corrected chi connectivity index (χ4v) is 5.04. The maximum Gasteiger partial charge on any atom is 0.264 e. The van der Waals surface area contributed by atoms with Crippen molar-refractivity contribution in [3.63, 3.8) is 0 Å². The predicted molar refractivity (Wildman–Crippen MR) is 135 cm³/mol. The van der Waals surface area contributed by atoms with Gasteiger partial charge in [0.1, 0.15) is 0 Å². The molecule has 2 aromatic carbocycles. The molecule has 10 nitrogen and oxygen atoms in total. The second-order valence-electron chi connectivity index (χ2n) is 7.57. The molecule has 2 N–H and O–H groups in total. The number of fused-ring (bicyclic) bond motifs is 1. The molecule has 0 aliphatic heterocycles. The quantitative estimate of drug-likeness (QED) is 0.273. The number of aromatic nitrogens is 4. The molecule has 0 bridgehead atoms. The lowest BCUT2D eigenvalue weighted by molar-refractivity contribution is -0.115. The first-order valence-corrected chi connectivity index (χ1v) is 13.0. The fraction of sp³-hybridized carbons (Fsp3) is 0.174. The highest BCUT2D eigenvalue weighted by atomic mass is 32.2. The number of nitrogens with zero attached hydrogens (tertiary/aromatic N) is 4. The van der Waals surface area contributed by atoms with Crippen molar-refractivity contribution in [3.8, 4) is 0 Å². The van der Waals surface area contributed by atoms with E-state index in [0.29, 0.717) is 33.2 Å². The van der Waals surface area contributed by atoms with Crippen LogP contribution in [0.25, 0.3) is 10.9 Å². The summed E-state index contributed by atoms with van der Waals surface area (Å²) in [6, 6.07) is 14.6. The van der Waals surface area contributed by atoms with E-state index in [1.165, 1.54) is 46.8 Å². The van der Waals surface area contributed by atoms with Crippen LogP contribution in [0.15, 0.2) is 75.6 Å². The van der Waals surface area contributed by atoms with Crippen molar-refractivity contribution in [2.45, 2.75) is 23.4 Å². The predicted octanol–water partition coefficient (Wildman–Crippen LogP) is 2.95. The third kappa shape index (κ3) is 5.84. The molecule has 2 heterocycles. The van der Waals surface area contributed by atoms with Gasteiger partial charge in [0.25, 0.3) is 15.6 Å². The third-order valence-electron chi connectivity index (χ3n) is 4.97. The van der Waals surface area contributed by atoms with E-state index in [1.807, 2.05) is 6.07 Å². The number of rotatable bonds is 8. The summed E-state index contributed by atoms with van der Waals surface area (Å²) < 4.78 is 28.9. The zero-order chi connectivity index (χ0) is 25.0. The Morgan fingerprint density at radius 1 is 1.06 bits per heavy atom. The molecule has 0 atom stereocenters. The SMILES string of the molecule is Cc1ccnc(NS(=O)(=O)c2ccc(NC(=O)CCSc3nc4ccccc4c(=O)n3C)cc2)n1. The number of carbonyl (C=O) groups is 1. The summed E-state index contributed by atoms with van der Waals surface area (Å²) in [5, 5.41) is 3.81. The Balaban J connectivity index is 1.34. The Kier molecular flexibility index (Phi) is 7.12. The zero-order valence-electron chi connectivity index (χ0n) is 18.9. The molecule has 0 unspecified atom stereocenters. The molecular formula is C23H22N6O4S2. The Bertz CT molecular complexity index is 1550. The van der Waals surface area contributed by atoms with E-state index in [1.54, 1.807) is 38.2 Å². The molecule has 0 fully saturated rings. The molecule has 0 aliphatic carbocycles. The highest BCUT2D eigenvalue weighted by Gasteiger charge is 2.16. The highest BCUT2D eigenvalue weighted by molar-refractivity contribution is 7.99. The number of aryl methyl sites for hydroxylation is 1. The van der Waals surface area contributed by atoms with Crippen LogP contribution in [0, 0.1) is 6.92 Å². The summed E-state index contributed by atoms with van der Waals surface area (Å²) in [5.74, 6) is 0.153. The smallest absolute Gasteiger partial charge is 0.264 e. The molecule has 0 spiro atoms. The van der Waals surface area contributed by atoms with Crippen molar-refractivity contribution in [1.29, 1.82) is 0 Å². The molecule has 0 radical (unpaired) electrons. The lowest BCUT2D eigenvalue weighted by Gasteiger charge is -2.10. The normalized spacial score (nSPS) is 11.4. The minimum atomic E-state index is -3.87. The summed E-state index contributed by atoms with van der Waals surface area (Å²) in [6.07, 6.45) is 1.65. The molecule has 0 saturated carbocycles. The Labute approximate surface area is 205 Å². The van der Waals surface area contributed by atoms with Crippen LogP contribution in [-0.4, -0.2) is 39.6 Å². The van der Waals surface area contributed by atoms with Crippen LogP contribution < -0.4 is 15.6 Å². The van der Waals surface area contributed by atoms with E-state index >= 15 is 0 Å². The van der Waals surface area contributed by atoms with Gasteiger partial charge in [-0.15, -0.1) is 0 Å². The van der Waals surface area contributed by atoms with Gasteiger partial charge in [-0.25, -0.2) is 28.1 Å². The molecule has 4 rings (SSSR count). The number of anilines is 2. The van der Waals surface area contributed by atoms with Gasteiger partial charge in [0.05, 0.1) is 15.8 Å². The van der Waals surface area contributed by atoms with Crippen molar-refractivity contribution in [2.24, 2.45) is 7.05 Å². The van der Waals surface area contributed by atoms with Gasteiger partial charge >= 0.3 is 0 Å². The van der Waals surface area contributed by atoms with E-state index in [2.05, 4.69) is 25.0 Å². The second-order valence-corrected chi connectivity index (χ2v) is 10.3. The average molecular weight is 511 g/mol. The molecule has 0 aliphatic rings. The number of thioether (sulfide) groups is 1. The van der Waals surface area contributed by atoms with Crippen molar-refractivity contribution < 1.29 is 13.2 Å². The van der Waals surface area contributed by atoms with Crippen LogP contribution in [0.3, 0.4) is 0 Å². The molecular weight excluding hydrogens is 488 g/mol. The second kappa shape index (κ2) is 10.2. The molecule has 12 heteroatoms. The monoisotopic (exact) mass is 510 g/mol. The number of hydrogen-bond donors (Lipinski definition) is 2. The fourth-order valence-electron chi connectivity index (χ4n) is 3.18. The molecule has 4 aromatic rings. The van der Waals surface area contributed by atoms with Gasteiger partial charge in [-0.2, -0.15) is 0 Å². The lowest BCUT2D eigenvalue weighted by atomic mass is 10.2. The van der Waals surface area contributed by atoms with Crippen LogP contribution in [0.4, 0.5) is 11.6 Å². The maximum absolute atomic E-state index is 12.5. The molecule has 180 valence electrons. The Hall–Kier alpha value is -3.77. The van der Waals surface area contributed by atoms with Gasteiger partial charge < -0.3 is 5.32 Å². The number of benzene rings is 2. The number of sulfonamides is 1. The number of hydrogen-bond acceptors (Lipinski definition) is 8. The van der Waals surface area contributed by atoms with Gasteiger partial charge in [0, 0.05) is 36.8 Å². The zero-order valence-corrected chi connectivity index (χ0v) is 20.6. The minimum Gasteiger partial charge on any atom is -0.326 e. The summed E-state index contributed by atoms with van der Waals surface area (Å²) >= 11 is 1.31. The summed E-state index contributed by atoms with van der Waals surface area (Å²) in [6.45, 7) is 1.73. The topological polar surface area (TPSA) is 136 Å². The lowest BCUT2D eigenvalue weighted by Crippen LogP contribution is -2.20. The first-order chi connectivity index (χ1) is 16.7. The van der Waals surface area contributed by atoms with E-state index < -0.39 is 10.0 Å². The van der Waals surface area contributed by atoms with E-state index in [9.17, 15) is 18.0 Å². The molecule has 0 saturated heterocycles. The highest BCUT2D eigenvalue weighted by Crippen LogP contribution is 2.19. The van der Waals surface area contributed by atoms with Crippen molar-refractivity contribution in [2.75, 3.05) is 15.8 Å². The number of carbonyl (C=O) groups excluding carboxylic acids is 1. The standard InChI is InChI=1S/C23H22N6O4S2/c1-15-11-13-24-22(25-15)28-35(32,33)17-9-7-16(8-10-17)26-20(30)12-14-34-23-27-19-6-4-3-5-18(19)21(31)29(23)2/h3-11,13H,12,14H2,1-2H3,(H,26,30)(H,24,25,28). The number of amides is 1. The first-order valence-electron chi connectivity index (χ1n) is 10.5. The van der Waals surface area contributed by atoms with Crippen LogP contribution in [0.5, 0.6) is 0 Å². The number of nitrogens with one attached hydrogen (secondary N) is 2. The summed E-state index contributed by atoms with van der Waals surface area (Å²) in [4.78, 5) is 37.3. The summed E-state index contributed by atoms with van der Waals surface area (Å²) in [7, 11) is -2.22. The van der Waals surface area contributed by atoms with Crippen LogP contribution in [0.1, 0.15) is 12.1 Å². The molecule has 35 heavy (non-hydrogen) atoms. The first kappa shape index (κ1) is 24.4. The van der Waals surface area contributed by atoms with Crippen molar-refractivity contribution >= 4 is 50.2 Å². The molecule has 1 amide bonds. The van der Waals surface area contributed by atoms with Gasteiger partial charge in [-0.3, -0.25) is 14.2 Å². The maximum atomic E-state index is 12.5. The largest absolute Gasteiger partial charge is 0.326 e. The van der Waals surface area contributed by atoms with Gasteiger partial charge in [0.15, 0.2) is 5.16 Å². The van der Waals surface area contributed by atoms with E-state index in [0.717, 1.165) is 0 Å². The Morgan fingerprint density at radius 3 is 2.54 bits per heavy atom. The number of para-hydroxylation sites is 1. The van der Waals surface area contributed by atoms with E-state index in [4.69, 9.17) is 0 Å². The van der Waals surface area contributed by atoms with E-state index in [-0.39, 0.29) is 28.7 Å². The van der Waals surface area contributed by atoms with Crippen LogP contribution in [0.2, 0.25) is 0 Å². The van der Waals surface area contributed by atoms with Crippen molar-refractivity contribution in [3.05, 3.63) is 76.8 Å².